The summed E-state index contributed by atoms with van der Waals surface area (Å²) in [7, 11) is -3.06. The lowest BCUT2D eigenvalue weighted by Gasteiger charge is -2.14. The molecule has 1 aromatic heterocycles. The molecule has 0 amide bonds. The standard InChI is InChI=1S/C9H15NO3S2/c1-6-8(9(2,3)11)14-7(10-6)5-15(4,12)13/h11H,5H2,1-4H3. The lowest BCUT2D eigenvalue weighted by Crippen LogP contribution is -2.14. The molecular formula is C9H15NO3S2. The highest BCUT2D eigenvalue weighted by Crippen LogP contribution is 2.30. The minimum atomic E-state index is -3.06. The number of hydrogen-bond acceptors (Lipinski definition) is 5. The number of aryl methyl sites for hydroxylation is 1. The van der Waals surface area contributed by atoms with Gasteiger partial charge in [-0.25, -0.2) is 13.4 Å². The third kappa shape index (κ3) is 3.55. The van der Waals surface area contributed by atoms with E-state index in [1.807, 2.05) is 0 Å². The molecule has 0 saturated heterocycles. The molecule has 0 saturated carbocycles. The molecular weight excluding hydrogens is 234 g/mol. The largest absolute Gasteiger partial charge is 0.385 e. The zero-order valence-corrected chi connectivity index (χ0v) is 10.9. The van der Waals surface area contributed by atoms with Crippen LogP contribution in [0.5, 0.6) is 0 Å². The molecule has 1 heterocycles. The van der Waals surface area contributed by atoms with Crippen LogP contribution in [-0.4, -0.2) is 24.8 Å². The first kappa shape index (κ1) is 12.6. The van der Waals surface area contributed by atoms with Crippen LogP contribution in [0.15, 0.2) is 0 Å². The third-order valence-corrected chi connectivity index (χ3v) is 4.23. The summed E-state index contributed by atoms with van der Waals surface area (Å²) >= 11 is 1.25. The van der Waals surface area contributed by atoms with Gasteiger partial charge in [-0.05, 0) is 20.8 Å². The van der Waals surface area contributed by atoms with Gasteiger partial charge in [0.2, 0.25) is 0 Å². The average Bonchev–Trinajstić information content (AvgIpc) is 2.25. The predicted molar refractivity (Wildman–Crippen MR) is 60.6 cm³/mol. The molecule has 0 unspecified atom stereocenters. The van der Waals surface area contributed by atoms with Crippen LogP contribution >= 0.6 is 11.3 Å². The van der Waals surface area contributed by atoms with E-state index in [1.54, 1.807) is 20.8 Å². The van der Waals surface area contributed by atoms with Crippen molar-refractivity contribution in [3.8, 4) is 0 Å². The molecule has 0 aliphatic heterocycles. The summed E-state index contributed by atoms with van der Waals surface area (Å²) in [5.41, 5.74) is -0.261. The fourth-order valence-electron chi connectivity index (χ4n) is 1.31. The SMILES string of the molecule is Cc1nc(CS(C)(=O)=O)sc1C(C)(C)O. The van der Waals surface area contributed by atoms with E-state index in [2.05, 4.69) is 4.98 Å². The topological polar surface area (TPSA) is 67.3 Å². The monoisotopic (exact) mass is 249 g/mol. The first-order valence-corrected chi connectivity index (χ1v) is 7.34. The van der Waals surface area contributed by atoms with Crippen LogP contribution in [0.25, 0.3) is 0 Å². The van der Waals surface area contributed by atoms with Gasteiger partial charge in [0.25, 0.3) is 0 Å². The van der Waals surface area contributed by atoms with Gasteiger partial charge in [-0.1, -0.05) is 0 Å². The number of hydrogen-bond donors (Lipinski definition) is 1. The second-order valence-electron chi connectivity index (χ2n) is 4.15. The van der Waals surface area contributed by atoms with Crippen molar-refractivity contribution in [2.45, 2.75) is 32.1 Å². The van der Waals surface area contributed by atoms with Crippen LogP contribution in [0, 0.1) is 6.92 Å². The maximum Gasteiger partial charge on any atom is 0.153 e. The lowest BCUT2D eigenvalue weighted by molar-refractivity contribution is 0.0817. The summed E-state index contributed by atoms with van der Waals surface area (Å²) in [5.74, 6) is -0.0609. The van der Waals surface area contributed by atoms with E-state index in [0.29, 0.717) is 10.7 Å². The van der Waals surface area contributed by atoms with Gasteiger partial charge in [-0.3, -0.25) is 0 Å². The molecule has 0 radical (unpaired) electrons. The minimum absolute atomic E-state index is 0.0609. The van der Waals surface area contributed by atoms with Crippen molar-refractivity contribution in [2.24, 2.45) is 0 Å². The van der Waals surface area contributed by atoms with Crippen LogP contribution in [-0.2, 0) is 21.2 Å². The summed E-state index contributed by atoms with van der Waals surface area (Å²) in [6.07, 6.45) is 1.17. The number of aliphatic hydroxyl groups is 1. The molecule has 0 aromatic carbocycles. The van der Waals surface area contributed by atoms with Crippen molar-refractivity contribution in [3.63, 3.8) is 0 Å². The molecule has 0 fully saturated rings. The van der Waals surface area contributed by atoms with Gasteiger partial charge in [0.15, 0.2) is 9.84 Å². The molecule has 4 nitrogen and oxygen atoms in total. The van der Waals surface area contributed by atoms with Crippen molar-refractivity contribution in [1.82, 2.24) is 4.98 Å². The highest BCUT2D eigenvalue weighted by Gasteiger charge is 2.23. The Kier molecular flexibility index (Phi) is 3.23. The number of sulfone groups is 1. The Bertz CT molecular complexity index is 454. The lowest BCUT2D eigenvalue weighted by atomic mass is 10.1. The van der Waals surface area contributed by atoms with E-state index in [-0.39, 0.29) is 5.75 Å². The summed E-state index contributed by atoms with van der Waals surface area (Å²) in [6, 6.07) is 0. The highest BCUT2D eigenvalue weighted by molar-refractivity contribution is 7.90. The van der Waals surface area contributed by atoms with Gasteiger partial charge in [0.1, 0.15) is 10.8 Å². The summed E-state index contributed by atoms with van der Waals surface area (Å²) in [6.45, 7) is 5.10. The molecule has 1 aromatic rings. The third-order valence-electron chi connectivity index (χ3n) is 1.78. The zero-order chi connectivity index (χ0) is 11.9. The molecule has 0 aliphatic carbocycles. The number of nitrogens with zero attached hydrogens (tertiary/aromatic N) is 1. The van der Waals surface area contributed by atoms with E-state index >= 15 is 0 Å². The Morgan fingerprint density at radius 3 is 2.33 bits per heavy atom. The van der Waals surface area contributed by atoms with Crippen molar-refractivity contribution in [2.75, 3.05) is 6.26 Å². The van der Waals surface area contributed by atoms with Crippen LogP contribution < -0.4 is 0 Å². The molecule has 1 rings (SSSR count). The molecule has 0 aliphatic rings. The number of thiazole rings is 1. The maximum absolute atomic E-state index is 11.1. The summed E-state index contributed by atoms with van der Waals surface area (Å²) in [4.78, 5) is 4.87. The Morgan fingerprint density at radius 1 is 1.47 bits per heavy atom. The van der Waals surface area contributed by atoms with Crippen molar-refractivity contribution in [1.29, 1.82) is 0 Å². The molecule has 15 heavy (non-hydrogen) atoms. The minimum Gasteiger partial charge on any atom is -0.385 e. The normalized spacial score (nSPS) is 13.1. The van der Waals surface area contributed by atoms with Crippen LogP contribution in [0.2, 0.25) is 0 Å². The molecule has 1 N–H and O–H groups in total. The van der Waals surface area contributed by atoms with Gasteiger partial charge in [-0.2, -0.15) is 0 Å². The first-order chi connectivity index (χ1) is 6.59. The van der Waals surface area contributed by atoms with Crippen LogP contribution in [0.4, 0.5) is 0 Å². The van der Waals surface area contributed by atoms with E-state index < -0.39 is 15.4 Å². The molecule has 0 atom stereocenters. The van der Waals surface area contributed by atoms with Gasteiger partial charge in [-0.15, -0.1) is 11.3 Å². The van der Waals surface area contributed by atoms with E-state index in [1.165, 1.54) is 17.6 Å². The Balaban J connectivity index is 3.07. The second kappa shape index (κ2) is 3.84. The second-order valence-corrected chi connectivity index (χ2v) is 7.38. The quantitative estimate of drug-likeness (QED) is 0.874. The fourth-order valence-corrected chi connectivity index (χ4v) is 3.56. The molecule has 0 bridgehead atoms. The smallest absolute Gasteiger partial charge is 0.153 e. The maximum atomic E-state index is 11.1. The Labute approximate surface area is 93.9 Å². The van der Waals surface area contributed by atoms with Crippen molar-refractivity contribution >= 4 is 21.2 Å². The first-order valence-electron chi connectivity index (χ1n) is 4.46. The van der Waals surface area contributed by atoms with Gasteiger partial charge in [0, 0.05) is 6.26 Å². The Morgan fingerprint density at radius 2 is 2.00 bits per heavy atom. The molecule has 86 valence electrons. The van der Waals surface area contributed by atoms with E-state index in [9.17, 15) is 13.5 Å². The molecule has 6 heteroatoms. The number of rotatable bonds is 3. The zero-order valence-electron chi connectivity index (χ0n) is 9.23. The fraction of sp³-hybridized carbons (Fsp3) is 0.667. The Hall–Kier alpha value is -0.460. The predicted octanol–water partition coefficient (Wildman–Crippen LogP) is 1.22. The van der Waals surface area contributed by atoms with Gasteiger partial charge < -0.3 is 5.11 Å². The summed E-state index contributed by atoms with van der Waals surface area (Å²) < 4.78 is 22.2. The van der Waals surface area contributed by atoms with E-state index in [4.69, 9.17) is 0 Å². The number of aromatic nitrogens is 1. The van der Waals surface area contributed by atoms with Crippen LogP contribution in [0.1, 0.15) is 29.4 Å². The molecule has 0 spiro atoms. The van der Waals surface area contributed by atoms with Crippen molar-refractivity contribution in [3.05, 3.63) is 15.6 Å². The van der Waals surface area contributed by atoms with E-state index in [0.717, 1.165) is 4.88 Å². The summed E-state index contributed by atoms with van der Waals surface area (Å²) in [5, 5.41) is 10.3. The highest BCUT2D eigenvalue weighted by atomic mass is 32.2. The van der Waals surface area contributed by atoms with Gasteiger partial charge >= 0.3 is 0 Å². The average molecular weight is 249 g/mol. The van der Waals surface area contributed by atoms with Gasteiger partial charge in [0.05, 0.1) is 16.2 Å². The van der Waals surface area contributed by atoms with Crippen LogP contribution in [0.3, 0.4) is 0 Å². The van der Waals surface area contributed by atoms with Crippen molar-refractivity contribution < 1.29 is 13.5 Å².